The molecular formula is C14H20ClIO. The van der Waals surface area contributed by atoms with E-state index >= 15 is 0 Å². The maximum absolute atomic E-state index is 10.0. The molecule has 0 saturated carbocycles. The summed E-state index contributed by atoms with van der Waals surface area (Å²) in [5.74, 6) is 0. The summed E-state index contributed by atoms with van der Waals surface area (Å²) in [4.78, 5) is 0. The van der Waals surface area contributed by atoms with Crippen LogP contribution in [-0.2, 0) is 0 Å². The largest absolute Gasteiger partial charge is 0.388 e. The number of benzene rings is 1. The zero-order chi connectivity index (χ0) is 12.7. The Hall–Kier alpha value is 0.200. The molecule has 17 heavy (non-hydrogen) atoms. The maximum Gasteiger partial charge on any atom is 0.0790 e. The van der Waals surface area contributed by atoms with Crippen molar-refractivity contribution in [1.29, 1.82) is 0 Å². The van der Waals surface area contributed by atoms with Gasteiger partial charge >= 0.3 is 0 Å². The normalized spacial score (nSPS) is 12.7. The lowest BCUT2D eigenvalue weighted by Crippen LogP contribution is -1.97. The average molecular weight is 367 g/mol. The van der Waals surface area contributed by atoms with Gasteiger partial charge < -0.3 is 5.11 Å². The van der Waals surface area contributed by atoms with Crippen LogP contribution in [0.2, 0.25) is 5.02 Å². The number of aliphatic hydroxyl groups excluding tert-OH is 1. The predicted octanol–water partition coefficient (Wildman–Crippen LogP) is 5.34. The van der Waals surface area contributed by atoms with Gasteiger partial charge in [-0.3, -0.25) is 0 Å². The van der Waals surface area contributed by atoms with Gasteiger partial charge in [-0.2, -0.15) is 0 Å². The molecule has 0 radical (unpaired) electrons. The van der Waals surface area contributed by atoms with Crippen molar-refractivity contribution in [1.82, 2.24) is 0 Å². The van der Waals surface area contributed by atoms with Crippen molar-refractivity contribution in [2.45, 2.75) is 51.6 Å². The van der Waals surface area contributed by atoms with Crippen LogP contribution < -0.4 is 0 Å². The van der Waals surface area contributed by atoms with Crippen molar-refractivity contribution in [3.63, 3.8) is 0 Å². The number of rotatable bonds is 7. The molecule has 96 valence electrons. The van der Waals surface area contributed by atoms with Gasteiger partial charge in [0, 0.05) is 3.57 Å². The summed E-state index contributed by atoms with van der Waals surface area (Å²) in [6.07, 6.45) is 6.59. The molecule has 1 rings (SSSR count). The first-order valence-electron chi connectivity index (χ1n) is 6.28. The summed E-state index contributed by atoms with van der Waals surface area (Å²) in [6.45, 7) is 2.21. The van der Waals surface area contributed by atoms with Crippen molar-refractivity contribution in [2.24, 2.45) is 0 Å². The molecule has 0 bridgehead atoms. The van der Waals surface area contributed by atoms with Gasteiger partial charge in [0.05, 0.1) is 11.1 Å². The lowest BCUT2D eigenvalue weighted by molar-refractivity contribution is 0.163. The van der Waals surface area contributed by atoms with Crippen LogP contribution in [0, 0.1) is 3.57 Å². The van der Waals surface area contributed by atoms with Gasteiger partial charge in [0.2, 0.25) is 0 Å². The number of halogens is 2. The topological polar surface area (TPSA) is 20.2 Å². The van der Waals surface area contributed by atoms with E-state index in [1.807, 2.05) is 18.2 Å². The third-order valence-corrected chi connectivity index (χ3v) is 4.48. The van der Waals surface area contributed by atoms with Crippen LogP contribution in [0.25, 0.3) is 0 Å². The van der Waals surface area contributed by atoms with Gasteiger partial charge in [0.25, 0.3) is 0 Å². The number of hydrogen-bond acceptors (Lipinski definition) is 1. The van der Waals surface area contributed by atoms with E-state index < -0.39 is 0 Å². The molecule has 0 aromatic heterocycles. The van der Waals surface area contributed by atoms with Crippen LogP contribution in [0.1, 0.15) is 57.1 Å². The molecule has 0 fully saturated rings. The highest BCUT2D eigenvalue weighted by Gasteiger charge is 2.08. The van der Waals surface area contributed by atoms with Crippen molar-refractivity contribution >= 4 is 34.2 Å². The van der Waals surface area contributed by atoms with E-state index in [4.69, 9.17) is 11.6 Å². The van der Waals surface area contributed by atoms with Crippen LogP contribution in [0.3, 0.4) is 0 Å². The molecule has 1 N–H and O–H groups in total. The fraction of sp³-hybridized carbons (Fsp3) is 0.571. The lowest BCUT2D eigenvalue weighted by atomic mass is 10.0. The quantitative estimate of drug-likeness (QED) is 0.510. The Morgan fingerprint density at radius 1 is 1.24 bits per heavy atom. The summed E-state index contributed by atoms with van der Waals surface area (Å²) in [5, 5.41) is 10.8. The van der Waals surface area contributed by atoms with E-state index in [0.717, 1.165) is 27.0 Å². The zero-order valence-corrected chi connectivity index (χ0v) is 13.2. The van der Waals surface area contributed by atoms with Crippen LogP contribution >= 0.6 is 34.2 Å². The van der Waals surface area contributed by atoms with Crippen molar-refractivity contribution in [3.05, 3.63) is 32.4 Å². The molecule has 0 amide bonds. The molecule has 1 nitrogen and oxygen atoms in total. The third kappa shape index (κ3) is 5.58. The van der Waals surface area contributed by atoms with Crippen molar-refractivity contribution < 1.29 is 5.11 Å². The monoisotopic (exact) mass is 366 g/mol. The minimum absolute atomic E-state index is 0.369. The first-order valence-corrected chi connectivity index (χ1v) is 7.73. The molecule has 0 aliphatic carbocycles. The molecule has 0 spiro atoms. The van der Waals surface area contributed by atoms with Crippen LogP contribution in [0.5, 0.6) is 0 Å². The molecule has 1 atom stereocenters. The summed E-state index contributed by atoms with van der Waals surface area (Å²) in [6, 6.07) is 5.79. The second-order valence-corrected chi connectivity index (χ2v) is 5.96. The fourth-order valence-corrected chi connectivity index (χ4v) is 2.35. The zero-order valence-electron chi connectivity index (χ0n) is 10.3. The van der Waals surface area contributed by atoms with Gasteiger partial charge in [0.15, 0.2) is 0 Å². The molecule has 0 aliphatic heterocycles. The van der Waals surface area contributed by atoms with E-state index in [1.165, 1.54) is 25.7 Å². The molecule has 1 aromatic rings. The number of hydrogen-bond donors (Lipinski definition) is 1. The standard InChI is InChI=1S/C14H20ClIO/c1-2-3-4-5-6-7-14(17)11-8-9-13(16)12(15)10-11/h8-10,14,17H,2-7H2,1H3. The number of aliphatic hydroxyl groups is 1. The molecule has 0 saturated heterocycles. The van der Waals surface area contributed by atoms with E-state index in [1.54, 1.807) is 0 Å². The highest BCUT2D eigenvalue weighted by molar-refractivity contribution is 14.1. The summed E-state index contributed by atoms with van der Waals surface area (Å²) < 4.78 is 1.03. The van der Waals surface area contributed by atoms with Gasteiger partial charge in [-0.05, 0) is 46.7 Å². The first-order chi connectivity index (χ1) is 8.15. The smallest absolute Gasteiger partial charge is 0.0790 e. The highest BCUT2D eigenvalue weighted by atomic mass is 127. The van der Waals surface area contributed by atoms with Crippen LogP contribution in [0.4, 0.5) is 0 Å². The minimum Gasteiger partial charge on any atom is -0.388 e. The van der Waals surface area contributed by atoms with Gasteiger partial charge in [-0.15, -0.1) is 0 Å². The molecule has 0 aliphatic rings. The van der Waals surface area contributed by atoms with E-state index in [-0.39, 0.29) is 6.10 Å². The Balaban J connectivity index is 2.36. The Morgan fingerprint density at radius 3 is 2.59 bits per heavy atom. The predicted molar refractivity (Wildman–Crippen MR) is 82.5 cm³/mol. The highest BCUT2D eigenvalue weighted by Crippen LogP contribution is 2.26. The summed E-state index contributed by atoms with van der Waals surface area (Å²) >= 11 is 8.24. The second kappa shape index (κ2) is 8.33. The lowest BCUT2D eigenvalue weighted by Gasteiger charge is -2.11. The maximum atomic E-state index is 10.0. The van der Waals surface area contributed by atoms with Crippen molar-refractivity contribution in [3.8, 4) is 0 Å². The number of unbranched alkanes of at least 4 members (excludes halogenated alkanes) is 4. The van der Waals surface area contributed by atoms with Gasteiger partial charge in [-0.1, -0.05) is 56.7 Å². The Morgan fingerprint density at radius 2 is 1.94 bits per heavy atom. The first kappa shape index (κ1) is 15.3. The molecule has 1 aromatic carbocycles. The third-order valence-electron chi connectivity index (χ3n) is 2.91. The van der Waals surface area contributed by atoms with E-state index in [9.17, 15) is 5.11 Å². The molecule has 0 heterocycles. The molecule has 1 unspecified atom stereocenters. The minimum atomic E-state index is -0.369. The van der Waals surface area contributed by atoms with Crippen molar-refractivity contribution in [2.75, 3.05) is 0 Å². The summed E-state index contributed by atoms with van der Waals surface area (Å²) in [5.41, 5.74) is 0.936. The summed E-state index contributed by atoms with van der Waals surface area (Å²) in [7, 11) is 0. The van der Waals surface area contributed by atoms with Gasteiger partial charge in [-0.25, -0.2) is 0 Å². The molecular weight excluding hydrogens is 347 g/mol. The van der Waals surface area contributed by atoms with Crippen LogP contribution in [0.15, 0.2) is 18.2 Å². The Labute approximate surface area is 123 Å². The Bertz CT molecular complexity index is 341. The second-order valence-electron chi connectivity index (χ2n) is 4.39. The van der Waals surface area contributed by atoms with Crippen LogP contribution in [-0.4, -0.2) is 5.11 Å². The Kier molecular flexibility index (Phi) is 7.47. The average Bonchev–Trinajstić information content (AvgIpc) is 2.32. The van der Waals surface area contributed by atoms with E-state index in [0.29, 0.717) is 0 Å². The SMILES string of the molecule is CCCCCCCC(O)c1ccc(I)c(Cl)c1. The fourth-order valence-electron chi connectivity index (χ4n) is 1.83. The molecule has 3 heteroatoms. The van der Waals surface area contributed by atoms with Gasteiger partial charge in [0.1, 0.15) is 0 Å². The van der Waals surface area contributed by atoms with E-state index in [2.05, 4.69) is 29.5 Å².